The van der Waals surface area contributed by atoms with Crippen molar-refractivity contribution in [1.82, 2.24) is 5.32 Å². The minimum absolute atomic E-state index is 0.176. The van der Waals surface area contributed by atoms with Gasteiger partial charge in [-0.15, -0.1) is 0 Å². The van der Waals surface area contributed by atoms with Crippen molar-refractivity contribution in [3.63, 3.8) is 0 Å². The third-order valence-electron chi connectivity index (χ3n) is 2.72. The van der Waals surface area contributed by atoms with E-state index in [9.17, 15) is 9.59 Å². The number of para-hydroxylation sites is 1. The van der Waals surface area contributed by atoms with E-state index in [4.69, 9.17) is 16.2 Å². The molecular weight excluding hydrogens is 246 g/mol. The molecular formula is C13H19N3O3. The number of carbonyl (C=O) groups excluding carboxylic acids is 2. The average molecular weight is 265 g/mol. The van der Waals surface area contributed by atoms with E-state index in [1.54, 1.807) is 13.2 Å². The van der Waals surface area contributed by atoms with Crippen LogP contribution in [0.1, 0.15) is 24.9 Å². The van der Waals surface area contributed by atoms with Gasteiger partial charge in [0.15, 0.2) is 0 Å². The molecule has 0 fully saturated rings. The van der Waals surface area contributed by atoms with Crippen LogP contribution in [-0.4, -0.2) is 25.0 Å². The second kappa shape index (κ2) is 6.75. The molecule has 0 aliphatic carbocycles. The van der Waals surface area contributed by atoms with Crippen LogP contribution in [-0.2, 0) is 9.59 Å². The minimum atomic E-state index is -0.936. The molecule has 1 aromatic carbocycles. The van der Waals surface area contributed by atoms with Gasteiger partial charge < -0.3 is 21.5 Å². The lowest BCUT2D eigenvalue weighted by molar-refractivity contribution is -0.126. The van der Waals surface area contributed by atoms with Gasteiger partial charge in [-0.3, -0.25) is 9.59 Å². The highest BCUT2D eigenvalue weighted by Gasteiger charge is 2.19. The Morgan fingerprint density at radius 2 is 2.00 bits per heavy atom. The Hall–Kier alpha value is -2.08. The van der Waals surface area contributed by atoms with Gasteiger partial charge in [0.1, 0.15) is 5.75 Å². The zero-order valence-electron chi connectivity index (χ0n) is 11.1. The Labute approximate surface area is 112 Å². The lowest BCUT2D eigenvalue weighted by Crippen LogP contribution is -2.43. The number of methoxy groups -OCH3 is 1. The van der Waals surface area contributed by atoms with Crippen molar-refractivity contribution in [2.45, 2.75) is 25.4 Å². The summed E-state index contributed by atoms with van der Waals surface area (Å²) in [5.41, 5.74) is 11.4. The summed E-state index contributed by atoms with van der Waals surface area (Å²) in [6, 6.07) is 6.14. The quantitative estimate of drug-likeness (QED) is 0.676. The zero-order valence-corrected chi connectivity index (χ0v) is 11.1. The van der Waals surface area contributed by atoms with E-state index >= 15 is 0 Å². The standard InChI is InChI=1S/C13H19N3O3/c1-8(9-5-3-4-6-11(9)19-2)16-13(18)10(14)7-12(15)17/h3-6,8,10H,7,14H2,1-2H3,(H2,15,17)(H,16,18). The molecule has 0 aromatic heterocycles. The van der Waals surface area contributed by atoms with E-state index in [1.807, 2.05) is 25.1 Å². The summed E-state index contributed by atoms with van der Waals surface area (Å²) < 4.78 is 5.22. The molecule has 5 N–H and O–H groups in total. The van der Waals surface area contributed by atoms with Gasteiger partial charge in [0.05, 0.1) is 25.6 Å². The average Bonchev–Trinajstić information content (AvgIpc) is 2.37. The number of carbonyl (C=O) groups is 2. The molecule has 1 rings (SSSR count). The van der Waals surface area contributed by atoms with Crippen molar-refractivity contribution in [1.29, 1.82) is 0 Å². The molecule has 0 spiro atoms. The van der Waals surface area contributed by atoms with Gasteiger partial charge in [-0.05, 0) is 13.0 Å². The fraction of sp³-hybridized carbons (Fsp3) is 0.385. The molecule has 0 saturated carbocycles. The Balaban J connectivity index is 2.71. The summed E-state index contributed by atoms with van der Waals surface area (Å²) >= 11 is 0. The molecule has 6 nitrogen and oxygen atoms in total. The normalized spacial score (nSPS) is 13.4. The van der Waals surface area contributed by atoms with E-state index in [2.05, 4.69) is 5.32 Å². The SMILES string of the molecule is COc1ccccc1C(C)NC(=O)C(N)CC(N)=O. The monoisotopic (exact) mass is 265 g/mol. The van der Waals surface area contributed by atoms with E-state index in [0.29, 0.717) is 5.75 Å². The fourth-order valence-corrected chi connectivity index (χ4v) is 1.73. The fourth-order valence-electron chi connectivity index (χ4n) is 1.73. The third-order valence-corrected chi connectivity index (χ3v) is 2.72. The summed E-state index contributed by atoms with van der Waals surface area (Å²) in [6.45, 7) is 1.81. The molecule has 0 heterocycles. The summed E-state index contributed by atoms with van der Waals surface area (Å²) in [5.74, 6) is -0.344. The van der Waals surface area contributed by atoms with Crippen LogP contribution in [0.3, 0.4) is 0 Å². The first kappa shape index (κ1) is 15.0. The van der Waals surface area contributed by atoms with Crippen molar-refractivity contribution in [2.24, 2.45) is 11.5 Å². The van der Waals surface area contributed by atoms with E-state index in [0.717, 1.165) is 5.56 Å². The van der Waals surface area contributed by atoms with Gasteiger partial charge in [0.25, 0.3) is 0 Å². The lowest BCUT2D eigenvalue weighted by Gasteiger charge is -2.19. The maximum atomic E-state index is 11.8. The van der Waals surface area contributed by atoms with Gasteiger partial charge in [-0.1, -0.05) is 18.2 Å². The molecule has 0 saturated heterocycles. The number of ether oxygens (including phenoxy) is 1. The number of nitrogens with one attached hydrogen (secondary N) is 1. The second-order valence-corrected chi connectivity index (χ2v) is 4.25. The highest BCUT2D eigenvalue weighted by molar-refractivity contribution is 5.87. The van der Waals surface area contributed by atoms with Gasteiger partial charge in [0.2, 0.25) is 11.8 Å². The zero-order chi connectivity index (χ0) is 14.4. The van der Waals surface area contributed by atoms with E-state index in [-0.39, 0.29) is 12.5 Å². The first-order valence-electron chi connectivity index (χ1n) is 5.93. The molecule has 0 radical (unpaired) electrons. The van der Waals surface area contributed by atoms with Crippen LogP contribution < -0.4 is 21.5 Å². The largest absolute Gasteiger partial charge is 0.496 e. The van der Waals surface area contributed by atoms with Crippen LogP contribution in [0.5, 0.6) is 5.75 Å². The van der Waals surface area contributed by atoms with Crippen LogP contribution >= 0.6 is 0 Å². The second-order valence-electron chi connectivity index (χ2n) is 4.25. The van der Waals surface area contributed by atoms with Gasteiger partial charge >= 0.3 is 0 Å². The summed E-state index contributed by atoms with van der Waals surface area (Å²) in [6.07, 6.45) is -0.176. The third kappa shape index (κ3) is 4.26. The molecule has 2 unspecified atom stereocenters. The van der Waals surface area contributed by atoms with Crippen molar-refractivity contribution in [3.05, 3.63) is 29.8 Å². The molecule has 1 aromatic rings. The lowest BCUT2D eigenvalue weighted by atomic mass is 10.1. The van der Waals surface area contributed by atoms with E-state index in [1.165, 1.54) is 0 Å². The van der Waals surface area contributed by atoms with Crippen LogP contribution in [0.4, 0.5) is 0 Å². The van der Waals surface area contributed by atoms with Crippen molar-refractivity contribution in [2.75, 3.05) is 7.11 Å². The smallest absolute Gasteiger partial charge is 0.237 e. The predicted molar refractivity (Wildman–Crippen MR) is 71.3 cm³/mol. The molecule has 104 valence electrons. The molecule has 19 heavy (non-hydrogen) atoms. The van der Waals surface area contributed by atoms with Gasteiger partial charge in [0, 0.05) is 5.56 Å². The number of benzene rings is 1. The highest BCUT2D eigenvalue weighted by Crippen LogP contribution is 2.24. The van der Waals surface area contributed by atoms with Crippen molar-refractivity contribution in [3.8, 4) is 5.75 Å². The molecule has 0 aliphatic heterocycles. The maximum Gasteiger partial charge on any atom is 0.237 e. The molecule has 2 atom stereocenters. The Bertz CT molecular complexity index is 462. The van der Waals surface area contributed by atoms with Crippen molar-refractivity contribution >= 4 is 11.8 Å². The number of hydrogen-bond acceptors (Lipinski definition) is 4. The number of hydrogen-bond donors (Lipinski definition) is 3. The summed E-state index contributed by atoms with van der Waals surface area (Å²) in [4.78, 5) is 22.5. The van der Waals surface area contributed by atoms with E-state index < -0.39 is 17.9 Å². The topological polar surface area (TPSA) is 107 Å². The van der Waals surface area contributed by atoms with Crippen LogP contribution in [0.15, 0.2) is 24.3 Å². The maximum absolute atomic E-state index is 11.8. The molecule has 2 amide bonds. The van der Waals surface area contributed by atoms with Crippen LogP contribution in [0.2, 0.25) is 0 Å². The molecule has 6 heteroatoms. The van der Waals surface area contributed by atoms with Gasteiger partial charge in [-0.2, -0.15) is 0 Å². The number of nitrogens with two attached hydrogens (primary N) is 2. The first-order valence-corrected chi connectivity index (χ1v) is 5.93. The van der Waals surface area contributed by atoms with Crippen LogP contribution in [0, 0.1) is 0 Å². The van der Waals surface area contributed by atoms with Crippen molar-refractivity contribution < 1.29 is 14.3 Å². The summed E-state index contributed by atoms with van der Waals surface area (Å²) in [5, 5.41) is 2.72. The summed E-state index contributed by atoms with van der Waals surface area (Å²) in [7, 11) is 1.56. The predicted octanol–water partition coefficient (Wildman–Crippen LogP) is 0.0751. The minimum Gasteiger partial charge on any atom is -0.496 e. The first-order chi connectivity index (χ1) is 8.95. The highest BCUT2D eigenvalue weighted by atomic mass is 16.5. The molecule has 0 aliphatic rings. The Morgan fingerprint density at radius 1 is 1.37 bits per heavy atom. The van der Waals surface area contributed by atoms with Gasteiger partial charge in [-0.25, -0.2) is 0 Å². The Morgan fingerprint density at radius 3 is 2.58 bits per heavy atom. The number of amides is 2. The van der Waals surface area contributed by atoms with Crippen LogP contribution in [0.25, 0.3) is 0 Å². The number of rotatable bonds is 6. The Kier molecular flexibility index (Phi) is 5.32. The number of primary amides is 1. The molecule has 0 bridgehead atoms.